The smallest absolute Gasteiger partial charge is 0.246 e. The van der Waals surface area contributed by atoms with E-state index in [0.29, 0.717) is 13.1 Å². The monoisotopic (exact) mass is 386 g/mol. The van der Waals surface area contributed by atoms with Gasteiger partial charge in [-0.1, -0.05) is 64.5 Å². The first-order chi connectivity index (χ1) is 11.6. The van der Waals surface area contributed by atoms with E-state index in [1.54, 1.807) is 6.08 Å². The molecule has 0 fully saturated rings. The Bertz CT molecular complexity index is 683. The van der Waals surface area contributed by atoms with Crippen LogP contribution in [0.15, 0.2) is 65.1 Å². The Morgan fingerprint density at radius 2 is 1.67 bits per heavy atom. The molecule has 2 aromatic rings. The first-order valence-corrected chi connectivity index (χ1v) is 8.76. The second kappa shape index (κ2) is 9.40. The fourth-order valence-electron chi connectivity index (χ4n) is 2.27. The summed E-state index contributed by atoms with van der Waals surface area (Å²) in [7, 11) is 4.03. The van der Waals surface area contributed by atoms with Crippen molar-refractivity contribution in [2.75, 3.05) is 27.2 Å². The quantitative estimate of drug-likeness (QED) is 0.670. The third-order valence-corrected chi connectivity index (χ3v) is 4.38. The number of amides is 1. The zero-order chi connectivity index (χ0) is 17.4. The normalized spacial score (nSPS) is 11.2. The zero-order valence-electron chi connectivity index (χ0n) is 14.2. The number of rotatable bonds is 7. The van der Waals surface area contributed by atoms with Gasteiger partial charge in [0.25, 0.3) is 0 Å². The van der Waals surface area contributed by atoms with Gasteiger partial charge in [-0.25, -0.2) is 0 Å². The Balaban J connectivity index is 2.10. The lowest BCUT2D eigenvalue weighted by Gasteiger charge is -2.23. The molecule has 1 amide bonds. The van der Waals surface area contributed by atoms with Gasteiger partial charge < -0.3 is 9.80 Å². The summed E-state index contributed by atoms with van der Waals surface area (Å²) in [4.78, 5) is 16.6. The molecule has 0 radical (unpaired) electrons. The third kappa shape index (κ3) is 5.95. The minimum Gasteiger partial charge on any atom is -0.334 e. The van der Waals surface area contributed by atoms with Gasteiger partial charge in [0, 0.05) is 30.2 Å². The highest BCUT2D eigenvalue weighted by molar-refractivity contribution is 9.10. The van der Waals surface area contributed by atoms with Crippen LogP contribution in [0.1, 0.15) is 11.1 Å². The Morgan fingerprint density at radius 3 is 2.33 bits per heavy atom. The molecule has 0 atom stereocenters. The molecule has 0 bridgehead atoms. The van der Waals surface area contributed by atoms with Gasteiger partial charge in [0.15, 0.2) is 0 Å². The molecule has 126 valence electrons. The molecule has 0 heterocycles. The van der Waals surface area contributed by atoms with E-state index in [1.165, 1.54) is 0 Å². The topological polar surface area (TPSA) is 23.6 Å². The van der Waals surface area contributed by atoms with Gasteiger partial charge in [-0.15, -0.1) is 0 Å². The Hall–Kier alpha value is -1.91. The SMILES string of the molecule is CN(C)CCN(Cc1ccccc1)C(=O)/C=C/c1ccccc1Br. The summed E-state index contributed by atoms with van der Waals surface area (Å²) in [6.07, 6.45) is 3.51. The maximum absolute atomic E-state index is 12.7. The van der Waals surface area contributed by atoms with Crippen LogP contribution in [0.3, 0.4) is 0 Å². The van der Waals surface area contributed by atoms with Crippen LogP contribution in [0, 0.1) is 0 Å². The number of benzene rings is 2. The second-order valence-electron chi connectivity index (χ2n) is 5.90. The molecule has 0 unspecified atom stereocenters. The molecule has 2 aromatic carbocycles. The maximum atomic E-state index is 12.7. The standard InChI is InChI=1S/C20H23BrN2O/c1-22(2)14-15-23(16-17-8-4-3-5-9-17)20(24)13-12-18-10-6-7-11-19(18)21/h3-13H,14-16H2,1-2H3/b13-12+. The van der Waals surface area contributed by atoms with Crippen LogP contribution < -0.4 is 0 Å². The van der Waals surface area contributed by atoms with Crippen molar-refractivity contribution in [3.05, 3.63) is 76.3 Å². The van der Waals surface area contributed by atoms with Gasteiger partial charge in [-0.05, 0) is 37.4 Å². The molecule has 0 aliphatic rings. The van der Waals surface area contributed by atoms with Crippen molar-refractivity contribution >= 4 is 27.9 Å². The fourth-order valence-corrected chi connectivity index (χ4v) is 2.69. The van der Waals surface area contributed by atoms with Crippen LogP contribution in [0.25, 0.3) is 6.08 Å². The largest absolute Gasteiger partial charge is 0.334 e. The highest BCUT2D eigenvalue weighted by Crippen LogP contribution is 2.17. The van der Waals surface area contributed by atoms with E-state index < -0.39 is 0 Å². The minimum atomic E-state index is 0.0245. The average Bonchev–Trinajstić information content (AvgIpc) is 2.58. The molecule has 3 nitrogen and oxygen atoms in total. The molecule has 24 heavy (non-hydrogen) atoms. The molecule has 0 N–H and O–H groups in total. The van der Waals surface area contributed by atoms with E-state index in [0.717, 1.165) is 22.1 Å². The second-order valence-corrected chi connectivity index (χ2v) is 6.76. The Morgan fingerprint density at radius 1 is 1.00 bits per heavy atom. The molecule has 0 saturated carbocycles. The van der Waals surface area contributed by atoms with Crippen LogP contribution in [-0.2, 0) is 11.3 Å². The summed E-state index contributed by atoms with van der Waals surface area (Å²) in [5.74, 6) is 0.0245. The lowest BCUT2D eigenvalue weighted by molar-refractivity contribution is -0.126. The van der Waals surface area contributed by atoms with Crippen LogP contribution in [-0.4, -0.2) is 42.9 Å². The zero-order valence-corrected chi connectivity index (χ0v) is 15.7. The highest BCUT2D eigenvalue weighted by atomic mass is 79.9. The average molecular weight is 387 g/mol. The van der Waals surface area contributed by atoms with E-state index in [2.05, 4.69) is 20.8 Å². The van der Waals surface area contributed by atoms with Crippen molar-refractivity contribution in [3.63, 3.8) is 0 Å². The van der Waals surface area contributed by atoms with Crippen molar-refractivity contribution in [1.29, 1.82) is 0 Å². The molecule has 0 saturated heterocycles. The van der Waals surface area contributed by atoms with Gasteiger partial charge in [-0.3, -0.25) is 4.79 Å². The number of hydrogen-bond donors (Lipinski definition) is 0. The Kier molecular flexibility index (Phi) is 7.22. The summed E-state index contributed by atoms with van der Waals surface area (Å²) in [6, 6.07) is 18.0. The molecule has 0 aliphatic heterocycles. The lowest BCUT2D eigenvalue weighted by Crippen LogP contribution is -2.35. The van der Waals surface area contributed by atoms with Gasteiger partial charge in [-0.2, -0.15) is 0 Å². The number of carbonyl (C=O) groups is 1. The van der Waals surface area contributed by atoms with Crippen molar-refractivity contribution in [2.24, 2.45) is 0 Å². The van der Waals surface area contributed by atoms with E-state index in [9.17, 15) is 4.79 Å². The maximum Gasteiger partial charge on any atom is 0.246 e. The summed E-state index contributed by atoms with van der Waals surface area (Å²) < 4.78 is 0.983. The van der Waals surface area contributed by atoms with Crippen molar-refractivity contribution < 1.29 is 4.79 Å². The van der Waals surface area contributed by atoms with Crippen molar-refractivity contribution in [2.45, 2.75) is 6.54 Å². The van der Waals surface area contributed by atoms with Crippen LogP contribution in [0.4, 0.5) is 0 Å². The van der Waals surface area contributed by atoms with Gasteiger partial charge >= 0.3 is 0 Å². The number of nitrogens with zero attached hydrogens (tertiary/aromatic N) is 2. The summed E-state index contributed by atoms with van der Waals surface area (Å²) in [5.41, 5.74) is 2.14. The Labute approximate surface area is 152 Å². The summed E-state index contributed by atoms with van der Waals surface area (Å²) in [5, 5.41) is 0. The predicted octanol–water partition coefficient (Wildman–Crippen LogP) is 4.05. The van der Waals surface area contributed by atoms with Crippen molar-refractivity contribution in [1.82, 2.24) is 9.80 Å². The van der Waals surface area contributed by atoms with E-state index in [4.69, 9.17) is 0 Å². The summed E-state index contributed by atoms with van der Waals surface area (Å²) >= 11 is 3.50. The number of hydrogen-bond acceptors (Lipinski definition) is 2. The predicted molar refractivity (Wildman–Crippen MR) is 104 cm³/mol. The molecule has 2 rings (SSSR count). The van der Waals surface area contributed by atoms with Crippen LogP contribution >= 0.6 is 15.9 Å². The molecule has 4 heteroatoms. The molecule has 0 aromatic heterocycles. The first kappa shape index (κ1) is 18.4. The molecular weight excluding hydrogens is 364 g/mol. The summed E-state index contributed by atoms with van der Waals surface area (Å²) in [6.45, 7) is 2.15. The van der Waals surface area contributed by atoms with E-state index in [-0.39, 0.29) is 5.91 Å². The van der Waals surface area contributed by atoms with Gasteiger partial charge in [0.05, 0.1) is 0 Å². The first-order valence-electron chi connectivity index (χ1n) is 7.96. The van der Waals surface area contributed by atoms with E-state index in [1.807, 2.05) is 79.7 Å². The van der Waals surface area contributed by atoms with Gasteiger partial charge in [0.1, 0.15) is 0 Å². The number of halogens is 1. The van der Waals surface area contributed by atoms with Crippen LogP contribution in [0.5, 0.6) is 0 Å². The lowest BCUT2D eigenvalue weighted by atomic mass is 10.2. The molecule has 0 spiro atoms. The number of likely N-dealkylation sites (N-methyl/N-ethyl adjacent to an activating group) is 1. The van der Waals surface area contributed by atoms with Crippen molar-refractivity contribution in [3.8, 4) is 0 Å². The third-order valence-electron chi connectivity index (χ3n) is 3.66. The molecule has 0 aliphatic carbocycles. The molecular formula is C20H23BrN2O. The number of carbonyl (C=O) groups excluding carboxylic acids is 1. The highest BCUT2D eigenvalue weighted by Gasteiger charge is 2.11. The van der Waals surface area contributed by atoms with Crippen LogP contribution in [0.2, 0.25) is 0 Å². The van der Waals surface area contributed by atoms with Gasteiger partial charge in [0.2, 0.25) is 5.91 Å². The fraction of sp³-hybridized carbons (Fsp3) is 0.250. The van der Waals surface area contributed by atoms with E-state index >= 15 is 0 Å². The minimum absolute atomic E-state index is 0.0245.